The van der Waals surface area contributed by atoms with Crippen LogP contribution in [0.3, 0.4) is 0 Å². The molecule has 0 unspecified atom stereocenters. The van der Waals surface area contributed by atoms with Crippen LogP contribution in [0.25, 0.3) is 0 Å². The lowest BCUT2D eigenvalue weighted by atomic mass is 10.0. The van der Waals surface area contributed by atoms with Crippen LogP contribution < -0.4 is 4.72 Å². The molecule has 3 rings (SSSR count). The van der Waals surface area contributed by atoms with Gasteiger partial charge in [0, 0.05) is 37.7 Å². The van der Waals surface area contributed by atoms with Gasteiger partial charge in [-0.1, -0.05) is 0 Å². The number of nitrogens with zero attached hydrogens (tertiary/aromatic N) is 1. The van der Waals surface area contributed by atoms with Crippen molar-refractivity contribution in [2.45, 2.75) is 43.2 Å². The lowest BCUT2D eigenvalue weighted by Gasteiger charge is -2.21. The minimum atomic E-state index is -3.50. The standard InChI is InChI=1S/C14H22N2O4S/c17-10-13-7-14(9-16(13)12-1-2-12)21(18,19)15-8-11-3-5-20-6-4-11/h7,9,11-12,15,17H,1-6,8,10H2. The van der Waals surface area contributed by atoms with Crippen LogP contribution in [0, 0.1) is 5.92 Å². The highest BCUT2D eigenvalue weighted by Crippen LogP contribution is 2.37. The van der Waals surface area contributed by atoms with Crippen molar-refractivity contribution in [3.05, 3.63) is 18.0 Å². The number of nitrogens with one attached hydrogen (secondary N) is 1. The van der Waals surface area contributed by atoms with Gasteiger partial charge in [-0.2, -0.15) is 0 Å². The maximum absolute atomic E-state index is 12.4. The number of rotatable bonds is 6. The average Bonchev–Trinajstić information content (AvgIpc) is 3.24. The zero-order valence-electron chi connectivity index (χ0n) is 12.0. The normalized spacial score (nSPS) is 20.8. The Morgan fingerprint density at radius 1 is 1.29 bits per heavy atom. The highest BCUT2D eigenvalue weighted by Gasteiger charge is 2.28. The maximum Gasteiger partial charge on any atom is 0.242 e. The Labute approximate surface area is 125 Å². The third kappa shape index (κ3) is 3.48. The quantitative estimate of drug-likeness (QED) is 0.821. The second kappa shape index (κ2) is 6.08. The molecule has 21 heavy (non-hydrogen) atoms. The van der Waals surface area contributed by atoms with Crippen LogP contribution in [0.4, 0.5) is 0 Å². The second-order valence-electron chi connectivity index (χ2n) is 5.87. The first kappa shape index (κ1) is 15.0. The number of hydrogen-bond acceptors (Lipinski definition) is 4. The molecular weight excluding hydrogens is 292 g/mol. The van der Waals surface area contributed by atoms with E-state index in [9.17, 15) is 13.5 Å². The zero-order valence-corrected chi connectivity index (χ0v) is 12.8. The van der Waals surface area contributed by atoms with Crippen LogP contribution in [0.15, 0.2) is 17.2 Å². The Bertz CT molecular complexity index is 586. The van der Waals surface area contributed by atoms with E-state index in [2.05, 4.69) is 4.72 Å². The van der Waals surface area contributed by atoms with Crippen LogP contribution in [-0.4, -0.2) is 37.8 Å². The first-order chi connectivity index (χ1) is 10.1. The minimum Gasteiger partial charge on any atom is -0.390 e. The topological polar surface area (TPSA) is 80.6 Å². The molecule has 118 valence electrons. The number of sulfonamides is 1. The molecule has 2 fully saturated rings. The monoisotopic (exact) mass is 314 g/mol. The highest BCUT2D eigenvalue weighted by atomic mass is 32.2. The molecule has 0 radical (unpaired) electrons. The maximum atomic E-state index is 12.4. The zero-order chi connectivity index (χ0) is 14.9. The van der Waals surface area contributed by atoms with Crippen LogP contribution in [0.1, 0.15) is 37.4 Å². The molecular formula is C14H22N2O4S. The van der Waals surface area contributed by atoms with Gasteiger partial charge in [-0.3, -0.25) is 0 Å². The summed E-state index contributed by atoms with van der Waals surface area (Å²) in [5.41, 5.74) is 0.670. The molecule has 0 amide bonds. The van der Waals surface area contributed by atoms with E-state index in [1.54, 1.807) is 12.3 Å². The van der Waals surface area contributed by atoms with Gasteiger partial charge in [0.2, 0.25) is 10.0 Å². The van der Waals surface area contributed by atoms with Crippen molar-refractivity contribution in [1.29, 1.82) is 0 Å². The predicted molar refractivity (Wildman–Crippen MR) is 77.4 cm³/mol. The van der Waals surface area contributed by atoms with E-state index >= 15 is 0 Å². The van der Waals surface area contributed by atoms with Crippen molar-refractivity contribution < 1.29 is 18.3 Å². The molecule has 2 aliphatic rings. The fraction of sp³-hybridized carbons (Fsp3) is 0.714. The molecule has 0 atom stereocenters. The van der Waals surface area contributed by atoms with E-state index in [0.29, 0.717) is 37.4 Å². The van der Waals surface area contributed by atoms with Crippen molar-refractivity contribution in [3.8, 4) is 0 Å². The summed E-state index contributed by atoms with van der Waals surface area (Å²) < 4.78 is 34.6. The Hall–Kier alpha value is -0.890. The Balaban J connectivity index is 1.68. The third-order valence-corrected chi connectivity index (χ3v) is 5.61. The lowest BCUT2D eigenvalue weighted by molar-refractivity contribution is 0.0678. The van der Waals surface area contributed by atoms with E-state index in [1.807, 2.05) is 4.57 Å². The highest BCUT2D eigenvalue weighted by molar-refractivity contribution is 7.89. The van der Waals surface area contributed by atoms with Gasteiger partial charge in [0.25, 0.3) is 0 Å². The van der Waals surface area contributed by atoms with Crippen molar-refractivity contribution in [3.63, 3.8) is 0 Å². The van der Waals surface area contributed by atoms with Gasteiger partial charge in [-0.25, -0.2) is 13.1 Å². The molecule has 1 aliphatic heterocycles. The molecule has 2 N–H and O–H groups in total. The Kier molecular flexibility index (Phi) is 4.35. The summed E-state index contributed by atoms with van der Waals surface area (Å²) in [6, 6.07) is 1.93. The van der Waals surface area contributed by atoms with Gasteiger partial charge in [-0.15, -0.1) is 0 Å². The number of ether oxygens (including phenoxy) is 1. The van der Waals surface area contributed by atoms with Gasteiger partial charge < -0.3 is 14.4 Å². The third-order valence-electron chi connectivity index (χ3n) is 4.22. The molecule has 1 saturated heterocycles. The van der Waals surface area contributed by atoms with Crippen molar-refractivity contribution in [2.75, 3.05) is 19.8 Å². The fourth-order valence-electron chi connectivity index (χ4n) is 2.72. The number of aliphatic hydroxyl groups excluding tert-OH is 1. The van der Waals surface area contributed by atoms with E-state index in [1.165, 1.54) is 0 Å². The molecule has 0 spiro atoms. The molecule has 1 aromatic heterocycles. The second-order valence-corrected chi connectivity index (χ2v) is 7.64. The van der Waals surface area contributed by atoms with Crippen LogP contribution >= 0.6 is 0 Å². The van der Waals surface area contributed by atoms with E-state index < -0.39 is 10.0 Å². The van der Waals surface area contributed by atoms with Gasteiger partial charge in [0.1, 0.15) is 0 Å². The first-order valence-electron chi connectivity index (χ1n) is 7.49. The van der Waals surface area contributed by atoms with E-state index in [-0.39, 0.29) is 11.5 Å². The van der Waals surface area contributed by atoms with E-state index in [0.717, 1.165) is 25.7 Å². The van der Waals surface area contributed by atoms with Gasteiger partial charge in [-0.05, 0) is 37.7 Å². The SMILES string of the molecule is O=S(=O)(NCC1CCOCC1)c1cc(CO)n(C2CC2)c1. The fourth-order valence-corrected chi connectivity index (χ4v) is 3.89. The summed E-state index contributed by atoms with van der Waals surface area (Å²) >= 11 is 0. The van der Waals surface area contributed by atoms with Crippen molar-refractivity contribution >= 4 is 10.0 Å². The largest absolute Gasteiger partial charge is 0.390 e. The molecule has 0 bridgehead atoms. The summed E-state index contributed by atoms with van der Waals surface area (Å²) in [5, 5.41) is 9.36. The summed E-state index contributed by atoms with van der Waals surface area (Å²) in [5.74, 6) is 0.344. The van der Waals surface area contributed by atoms with Crippen LogP contribution in [-0.2, 0) is 21.4 Å². The van der Waals surface area contributed by atoms with E-state index in [4.69, 9.17) is 4.74 Å². The molecule has 0 aromatic carbocycles. The van der Waals surface area contributed by atoms with Crippen LogP contribution in [0.2, 0.25) is 0 Å². The predicted octanol–water partition coefficient (Wildman–Crippen LogP) is 1.02. The number of aromatic nitrogens is 1. The molecule has 1 aromatic rings. The summed E-state index contributed by atoms with van der Waals surface area (Å²) in [4.78, 5) is 0.255. The summed E-state index contributed by atoms with van der Waals surface area (Å²) in [7, 11) is -3.50. The first-order valence-corrected chi connectivity index (χ1v) is 8.97. The Morgan fingerprint density at radius 2 is 2.00 bits per heavy atom. The molecule has 6 nitrogen and oxygen atoms in total. The smallest absolute Gasteiger partial charge is 0.242 e. The number of hydrogen-bond donors (Lipinski definition) is 2. The number of aliphatic hydroxyl groups is 1. The van der Waals surface area contributed by atoms with Crippen molar-refractivity contribution in [1.82, 2.24) is 9.29 Å². The molecule has 7 heteroatoms. The van der Waals surface area contributed by atoms with Gasteiger partial charge in [0.05, 0.1) is 11.5 Å². The van der Waals surface area contributed by atoms with Gasteiger partial charge in [0.15, 0.2) is 0 Å². The van der Waals surface area contributed by atoms with Gasteiger partial charge >= 0.3 is 0 Å². The molecule has 1 saturated carbocycles. The average molecular weight is 314 g/mol. The summed E-state index contributed by atoms with van der Waals surface area (Å²) in [6.45, 7) is 1.74. The minimum absolute atomic E-state index is 0.133. The van der Waals surface area contributed by atoms with Crippen molar-refractivity contribution in [2.24, 2.45) is 5.92 Å². The molecule has 1 aliphatic carbocycles. The van der Waals surface area contributed by atoms with Crippen LogP contribution in [0.5, 0.6) is 0 Å². The summed E-state index contributed by atoms with van der Waals surface area (Å²) in [6.07, 6.45) is 5.55. The Morgan fingerprint density at radius 3 is 2.62 bits per heavy atom. The molecule has 2 heterocycles. The lowest BCUT2D eigenvalue weighted by Crippen LogP contribution is -2.32.